The van der Waals surface area contributed by atoms with Crippen LogP contribution in [0.2, 0.25) is 0 Å². The Hall–Kier alpha value is -2.56. The van der Waals surface area contributed by atoms with Gasteiger partial charge in [0.2, 0.25) is 0 Å². The van der Waals surface area contributed by atoms with E-state index in [1.165, 1.54) is 18.5 Å². The van der Waals surface area contributed by atoms with Crippen LogP contribution in [0.4, 0.5) is 5.69 Å². The number of aromatic amines is 1. The van der Waals surface area contributed by atoms with Gasteiger partial charge in [-0.15, -0.1) is 0 Å². The average molecular weight is 311 g/mol. The maximum Gasteiger partial charge on any atom is 0.260 e. The van der Waals surface area contributed by atoms with E-state index in [9.17, 15) is 9.59 Å². The number of carbonyl (C=O) groups is 1. The zero-order chi connectivity index (χ0) is 16.2. The second-order valence-corrected chi connectivity index (χ2v) is 5.93. The third kappa shape index (κ3) is 3.62. The molecule has 0 bridgehead atoms. The van der Waals surface area contributed by atoms with Crippen LogP contribution in [0.25, 0.3) is 0 Å². The minimum absolute atomic E-state index is 0.143. The second-order valence-electron chi connectivity index (χ2n) is 5.93. The zero-order valence-electron chi connectivity index (χ0n) is 13.3. The van der Waals surface area contributed by atoms with Crippen LogP contribution in [0.15, 0.2) is 41.2 Å². The smallest absolute Gasteiger partial charge is 0.260 e. The van der Waals surface area contributed by atoms with Crippen molar-refractivity contribution in [2.24, 2.45) is 0 Å². The first-order valence-corrected chi connectivity index (χ1v) is 7.95. The van der Waals surface area contributed by atoms with E-state index in [4.69, 9.17) is 0 Å². The van der Waals surface area contributed by atoms with Gasteiger partial charge in [-0.25, -0.2) is 0 Å². The summed E-state index contributed by atoms with van der Waals surface area (Å²) < 4.78 is 0. The zero-order valence-corrected chi connectivity index (χ0v) is 13.3. The number of aryl methyl sites for hydroxylation is 1. The molecule has 0 atom stereocenters. The summed E-state index contributed by atoms with van der Waals surface area (Å²) in [5, 5.41) is 2.79. The van der Waals surface area contributed by atoms with Crippen molar-refractivity contribution in [3.8, 4) is 0 Å². The Morgan fingerprint density at radius 3 is 2.48 bits per heavy atom. The monoisotopic (exact) mass is 311 g/mol. The molecular weight excluding hydrogens is 290 g/mol. The van der Waals surface area contributed by atoms with Crippen LogP contribution in [0.3, 0.4) is 0 Å². The number of benzene rings is 1. The molecule has 2 aromatic rings. The Bertz CT molecular complexity index is 744. The van der Waals surface area contributed by atoms with Crippen molar-refractivity contribution in [3.63, 3.8) is 0 Å². The number of aromatic nitrogens is 1. The lowest BCUT2D eigenvalue weighted by Gasteiger charge is -2.17. The lowest BCUT2D eigenvalue weighted by molar-refractivity contribution is 0.0949. The van der Waals surface area contributed by atoms with Crippen molar-refractivity contribution in [2.75, 3.05) is 18.0 Å². The SMILES string of the molecule is Cc1ccc(C(=O)NCc2ccc(N3CCCC3)cc2)c(=O)[nH]1. The number of carbonyl (C=O) groups excluding carboxylic acids is 1. The van der Waals surface area contributed by atoms with Crippen LogP contribution in [0.1, 0.15) is 34.5 Å². The average Bonchev–Trinajstić information content (AvgIpc) is 3.07. The Morgan fingerprint density at radius 2 is 1.83 bits per heavy atom. The fourth-order valence-corrected chi connectivity index (χ4v) is 2.83. The first-order chi connectivity index (χ1) is 11.1. The molecule has 2 heterocycles. The number of pyridine rings is 1. The van der Waals surface area contributed by atoms with E-state index in [0.29, 0.717) is 6.54 Å². The van der Waals surface area contributed by atoms with Crippen molar-refractivity contribution in [1.82, 2.24) is 10.3 Å². The first-order valence-electron chi connectivity index (χ1n) is 7.95. The minimum atomic E-state index is -0.355. The molecule has 1 amide bonds. The highest BCUT2D eigenvalue weighted by Crippen LogP contribution is 2.20. The summed E-state index contributed by atoms with van der Waals surface area (Å²) in [5.41, 5.74) is 2.78. The minimum Gasteiger partial charge on any atom is -0.372 e. The van der Waals surface area contributed by atoms with Gasteiger partial charge in [0.15, 0.2) is 0 Å². The molecule has 1 aliphatic rings. The molecule has 1 fully saturated rings. The van der Waals surface area contributed by atoms with Crippen LogP contribution in [0, 0.1) is 6.92 Å². The molecule has 0 aliphatic carbocycles. The molecule has 3 rings (SSSR count). The molecule has 0 unspecified atom stereocenters. The number of nitrogens with zero attached hydrogens (tertiary/aromatic N) is 1. The summed E-state index contributed by atoms with van der Waals surface area (Å²) in [4.78, 5) is 28.9. The van der Waals surface area contributed by atoms with Gasteiger partial charge in [-0.2, -0.15) is 0 Å². The van der Waals surface area contributed by atoms with Gasteiger partial charge < -0.3 is 15.2 Å². The lowest BCUT2D eigenvalue weighted by atomic mass is 10.2. The number of hydrogen-bond donors (Lipinski definition) is 2. The summed E-state index contributed by atoms with van der Waals surface area (Å²) >= 11 is 0. The number of H-pyrrole nitrogens is 1. The van der Waals surface area contributed by atoms with Crippen molar-refractivity contribution < 1.29 is 4.79 Å². The van der Waals surface area contributed by atoms with Gasteiger partial charge in [-0.3, -0.25) is 9.59 Å². The van der Waals surface area contributed by atoms with Crippen molar-refractivity contribution >= 4 is 11.6 Å². The molecule has 1 aromatic carbocycles. The van der Waals surface area contributed by atoms with E-state index in [2.05, 4.69) is 27.3 Å². The summed E-state index contributed by atoms with van der Waals surface area (Å²) in [6, 6.07) is 11.5. The van der Waals surface area contributed by atoms with Gasteiger partial charge in [0.25, 0.3) is 11.5 Å². The van der Waals surface area contributed by atoms with E-state index in [1.54, 1.807) is 19.1 Å². The molecule has 5 nitrogen and oxygen atoms in total. The molecule has 120 valence electrons. The summed E-state index contributed by atoms with van der Waals surface area (Å²) in [6.45, 7) is 4.43. The highest BCUT2D eigenvalue weighted by Gasteiger charge is 2.12. The molecule has 23 heavy (non-hydrogen) atoms. The predicted octanol–water partition coefficient (Wildman–Crippen LogP) is 2.21. The van der Waals surface area contributed by atoms with E-state index in [0.717, 1.165) is 24.3 Å². The number of anilines is 1. The fraction of sp³-hybridized carbons (Fsp3) is 0.333. The molecule has 2 N–H and O–H groups in total. The third-order valence-electron chi connectivity index (χ3n) is 4.16. The number of rotatable bonds is 4. The molecule has 0 saturated carbocycles. The van der Waals surface area contributed by atoms with Crippen LogP contribution in [0.5, 0.6) is 0 Å². The number of hydrogen-bond acceptors (Lipinski definition) is 3. The molecule has 1 saturated heterocycles. The molecule has 0 spiro atoms. The van der Waals surface area contributed by atoms with Gasteiger partial charge in [0.1, 0.15) is 5.56 Å². The maximum atomic E-state index is 12.1. The normalized spacial score (nSPS) is 14.0. The van der Waals surface area contributed by atoms with Gasteiger partial charge in [-0.1, -0.05) is 12.1 Å². The van der Waals surface area contributed by atoms with E-state index in [-0.39, 0.29) is 17.0 Å². The Morgan fingerprint density at radius 1 is 1.13 bits per heavy atom. The lowest BCUT2D eigenvalue weighted by Crippen LogP contribution is -2.29. The van der Waals surface area contributed by atoms with Crippen LogP contribution in [-0.2, 0) is 6.54 Å². The van der Waals surface area contributed by atoms with E-state index < -0.39 is 0 Å². The number of amides is 1. The van der Waals surface area contributed by atoms with Crippen LogP contribution >= 0.6 is 0 Å². The van der Waals surface area contributed by atoms with Gasteiger partial charge in [-0.05, 0) is 49.6 Å². The summed E-state index contributed by atoms with van der Waals surface area (Å²) in [6.07, 6.45) is 2.51. The Labute approximate surface area is 135 Å². The topological polar surface area (TPSA) is 65.2 Å². The van der Waals surface area contributed by atoms with Crippen molar-refractivity contribution in [3.05, 3.63) is 63.6 Å². The Balaban J connectivity index is 1.61. The van der Waals surface area contributed by atoms with E-state index in [1.807, 2.05) is 12.1 Å². The quantitative estimate of drug-likeness (QED) is 0.910. The second kappa shape index (κ2) is 6.69. The predicted molar refractivity (Wildman–Crippen MR) is 90.9 cm³/mol. The van der Waals surface area contributed by atoms with E-state index >= 15 is 0 Å². The fourth-order valence-electron chi connectivity index (χ4n) is 2.83. The van der Waals surface area contributed by atoms with Gasteiger partial charge in [0.05, 0.1) is 0 Å². The van der Waals surface area contributed by atoms with Crippen LogP contribution < -0.4 is 15.8 Å². The maximum absolute atomic E-state index is 12.1. The summed E-state index contributed by atoms with van der Waals surface area (Å²) in [5.74, 6) is -0.352. The van der Waals surface area contributed by atoms with Crippen molar-refractivity contribution in [2.45, 2.75) is 26.3 Å². The molecule has 1 aromatic heterocycles. The first kappa shape index (κ1) is 15.3. The highest BCUT2D eigenvalue weighted by atomic mass is 16.2. The largest absolute Gasteiger partial charge is 0.372 e. The molecule has 0 radical (unpaired) electrons. The van der Waals surface area contributed by atoms with Crippen LogP contribution in [-0.4, -0.2) is 24.0 Å². The van der Waals surface area contributed by atoms with Gasteiger partial charge >= 0.3 is 0 Å². The van der Waals surface area contributed by atoms with Crippen molar-refractivity contribution in [1.29, 1.82) is 0 Å². The van der Waals surface area contributed by atoms with Gasteiger partial charge in [0, 0.05) is 31.0 Å². The number of nitrogens with one attached hydrogen (secondary N) is 2. The standard InChI is InChI=1S/C18H21N3O2/c1-13-4-9-16(18(23)20-13)17(22)19-12-14-5-7-15(8-6-14)21-10-2-3-11-21/h4-9H,2-3,10-12H2,1H3,(H,19,22)(H,20,23). The Kier molecular flexibility index (Phi) is 4.46. The summed E-state index contributed by atoms with van der Waals surface area (Å²) in [7, 11) is 0. The third-order valence-corrected chi connectivity index (χ3v) is 4.16. The molecule has 5 heteroatoms. The molecular formula is C18H21N3O2. The highest BCUT2D eigenvalue weighted by molar-refractivity contribution is 5.93. The molecule has 1 aliphatic heterocycles.